The number of sulfonamides is 1. The lowest BCUT2D eigenvalue weighted by atomic mass is 10.2. The molecule has 8 nitrogen and oxygen atoms in total. The molecule has 1 amide bonds. The predicted molar refractivity (Wildman–Crippen MR) is 109 cm³/mol. The van der Waals surface area contributed by atoms with Gasteiger partial charge in [-0.2, -0.15) is 0 Å². The summed E-state index contributed by atoms with van der Waals surface area (Å²) < 4.78 is 38.3. The molecule has 0 aliphatic rings. The molecule has 2 N–H and O–H groups in total. The van der Waals surface area contributed by atoms with Crippen molar-refractivity contribution in [3.05, 3.63) is 65.5 Å². The van der Waals surface area contributed by atoms with Crippen LogP contribution in [0.2, 0.25) is 0 Å². The summed E-state index contributed by atoms with van der Waals surface area (Å²) >= 11 is 0. The summed E-state index contributed by atoms with van der Waals surface area (Å²) in [6.07, 6.45) is 0. The van der Waals surface area contributed by atoms with Crippen molar-refractivity contribution in [1.82, 2.24) is 5.16 Å². The van der Waals surface area contributed by atoms with E-state index in [2.05, 4.69) is 15.2 Å². The minimum atomic E-state index is -3.87. The number of hydrogen-bond donors (Lipinski definition) is 2. The number of ether oxygens (including phenoxy) is 1. The molecule has 0 aliphatic carbocycles. The van der Waals surface area contributed by atoms with Gasteiger partial charge in [0.25, 0.3) is 15.9 Å². The number of carbonyl (C=O) groups is 1. The van der Waals surface area contributed by atoms with Crippen LogP contribution in [0, 0.1) is 13.8 Å². The predicted octanol–water partition coefficient (Wildman–Crippen LogP) is 3.74. The Kier molecular flexibility index (Phi) is 5.88. The molecular formula is C20H21N3O5S. The van der Waals surface area contributed by atoms with Crippen molar-refractivity contribution in [2.75, 3.05) is 16.6 Å². The lowest BCUT2D eigenvalue weighted by molar-refractivity contribution is 0.102. The van der Waals surface area contributed by atoms with E-state index >= 15 is 0 Å². The first-order valence-corrected chi connectivity index (χ1v) is 10.4. The van der Waals surface area contributed by atoms with Crippen LogP contribution >= 0.6 is 0 Å². The van der Waals surface area contributed by atoms with Crippen molar-refractivity contribution in [3.63, 3.8) is 0 Å². The summed E-state index contributed by atoms with van der Waals surface area (Å²) in [4.78, 5) is 12.5. The maximum atomic E-state index is 12.7. The molecule has 0 unspecified atom stereocenters. The van der Waals surface area contributed by atoms with E-state index in [0.29, 0.717) is 35.2 Å². The Morgan fingerprint density at radius 1 is 1.14 bits per heavy atom. The van der Waals surface area contributed by atoms with Crippen molar-refractivity contribution in [2.45, 2.75) is 25.7 Å². The molecule has 0 fully saturated rings. The number of nitrogens with one attached hydrogen (secondary N) is 2. The molecule has 29 heavy (non-hydrogen) atoms. The average Bonchev–Trinajstić information content (AvgIpc) is 3.01. The van der Waals surface area contributed by atoms with Crippen LogP contribution in [0.4, 0.5) is 11.4 Å². The van der Waals surface area contributed by atoms with Gasteiger partial charge in [-0.15, -0.1) is 0 Å². The molecule has 0 bridgehead atoms. The van der Waals surface area contributed by atoms with Gasteiger partial charge in [0.05, 0.1) is 11.5 Å². The average molecular weight is 415 g/mol. The fourth-order valence-corrected chi connectivity index (χ4v) is 3.76. The second-order valence-electron chi connectivity index (χ2n) is 6.24. The SMILES string of the molecule is CCOc1ccc(NS(=O)(=O)c2cccc(C(=O)Nc3c(C)noc3C)c2)cc1. The quantitative estimate of drug-likeness (QED) is 0.608. The van der Waals surface area contributed by atoms with Crippen LogP contribution in [-0.4, -0.2) is 26.1 Å². The van der Waals surface area contributed by atoms with Gasteiger partial charge in [0.15, 0.2) is 5.76 Å². The maximum absolute atomic E-state index is 12.7. The van der Waals surface area contributed by atoms with E-state index in [9.17, 15) is 13.2 Å². The van der Waals surface area contributed by atoms with Crippen molar-refractivity contribution in [1.29, 1.82) is 0 Å². The van der Waals surface area contributed by atoms with E-state index in [1.165, 1.54) is 24.3 Å². The lowest BCUT2D eigenvalue weighted by Gasteiger charge is -2.10. The molecule has 3 rings (SSSR count). The number of anilines is 2. The molecule has 152 valence electrons. The Labute approximate surface area is 168 Å². The Morgan fingerprint density at radius 3 is 2.48 bits per heavy atom. The first-order chi connectivity index (χ1) is 13.8. The second kappa shape index (κ2) is 8.36. The monoisotopic (exact) mass is 415 g/mol. The number of aromatic nitrogens is 1. The fraction of sp³-hybridized carbons (Fsp3) is 0.200. The highest BCUT2D eigenvalue weighted by molar-refractivity contribution is 7.92. The van der Waals surface area contributed by atoms with E-state index < -0.39 is 15.9 Å². The van der Waals surface area contributed by atoms with Gasteiger partial charge in [-0.1, -0.05) is 11.2 Å². The van der Waals surface area contributed by atoms with Gasteiger partial charge in [-0.05, 0) is 63.2 Å². The van der Waals surface area contributed by atoms with E-state index in [0.717, 1.165) is 0 Å². The zero-order valence-corrected chi connectivity index (χ0v) is 17.0. The number of carbonyl (C=O) groups excluding carboxylic acids is 1. The van der Waals surface area contributed by atoms with Crippen LogP contribution in [0.5, 0.6) is 5.75 Å². The van der Waals surface area contributed by atoms with Crippen LogP contribution in [0.1, 0.15) is 28.7 Å². The minimum Gasteiger partial charge on any atom is -0.494 e. The molecule has 1 aromatic heterocycles. The Hall–Kier alpha value is -3.33. The van der Waals surface area contributed by atoms with Gasteiger partial charge in [0.2, 0.25) is 0 Å². The molecule has 0 atom stereocenters. The fourth-order valence-electron chi connectivity index (χ4n) is 2.65. The van der Waals surface area contributed by atoms with E-state index in [4.69, 9.17) is 9.26 Å². The minimum absolute atomic E-state index is 0.0298. The van der Waals surface area contributed by atoms with Crippen molar-refractivity contribution in [3.8, 4) is 5.75 Å². The third kappa shape index (κ3) is 4.75. The summed E-state index contributed by atoms with van der Waals surface area (Å²) in [6.45, 7) is 5.77. The summed E-state index contributed by atoms with van der Waals surface area (Å²) in [5, 5.41) is 6.48. The summed E-state index contributed by atoms with van der Waals surface area (Å²) in [7, 11) is -3.87. The maximum Gasteiger partial charge on any atom is 0.261 e. The standard InChI is InChI=1S/C20H21N3O5S/c1-4-27-17-10-8-16(9-11-17)23-29(25,26)18-7-5-6-15(12-18)20(24)21-19-13(2)22-28-14(19)3/h5-12,23H,4H2,1-3H3,(H,21,24). The number of nitrogens with zero attached hydrogens (tertiary/aromatic N) is 1. The highest BCUT2D eigenvalue weighted by Gasteiger charge is 2.18. The van der Waals surface area contributed by atoms with Crippen LogP contribution in [0.3, 0.4) is 0 Å². The third-order valence-corrected chi connectivity index (χ3v) is 5.47. The molecule has 1 heterocycles. The molecule has 0 spiro atoms. The number of amides is 1. The molecule has 0 saturated carbocycles. The first kappa shape index (κ1) is 20.4. The topological polar surface area (TPSA) is 111 Å². The summed E-state index contributed by atoms with van der Waals surface area (Å²) in [5.74, 6) is 0.655. The van der Waals surface area contributed by atoms with Crippen LogP contribution in [0.15, 0.2) is 57.9 Å². The Bertz CT molecular complexity index is 1100. The molecule has 3 aromatic rings. The van der Waals surface area contributed by atoms with Crippen molar-refractivity contribution < 1.29 is 22.5 Å². The normalized spacial score (nSPS) is 11.1. The first-order valence-electron chi connectivity index (χ1n) is 8.90. The van der Waals surface area contributed by atoms with E-state index in [1.807, 2.05) is 6.92 Å². The molecule has 2 aromatic carbocycles. The summed E-state index contributed by atoms with van der Waals surface area (Å²) in [6, 6.07) is 12.3. The van der Waals surface area contributed by atoms with Crippen molar-refractivity contribution >= 4 is 27.3 Å². The van der Waals surface area contributed by atoms with Gasteiger partial charge >= 0.3 is 0 Å². The van der Waals surface area contributed by atoms with Gasteiger partial charge in [-0.25, -0.2) is 8.42 Å². The van der Waals surface area contributed by atoms with E-state index in [1.54, 1.807) is 38.1 Å². The lowest BCUT2D eigenvalue weighted by Crippen LogP contribution is -2.16. The number of rotatable bonds is 7. The van der Waals surface area contributed by atoms with Crippen LogP contribution < -0.4 is 14.8 Å². The number of aryl methyl sites for hydroxylation is 2. The zero-order chi connectivity index (χ0) is 21.0. The second-order valence-corrected chi connectivity index (χ2v) is 7.93. The van der Waals surface area contributed by atoms with Gasteiger partial charge < -0.3 is 14.6 Å². The molecule has 0 radical (unpaired) electrons. The van der Waals surface area contributed by atoms with Gasteiger partial charge in [-0.3, -0.25) is 9.52 Å². The van der Waals surface area contributed by atoms with E-state index in [-0.39, 0.29) is 10.5 Å². The van der Waals surface area contributed by atoms with Gasteiger partial charge in [0, 0.05) is 11.3 Å². The Balaban J connectivity index is 1.79. The zero-order valence-electron chi connectivity index (χ0n) is 16.2. The molecule has 9 heteroatoms. The third-order valence-electron chi connectivity index (χ3n) is 4.10. The van der Waals surface area contributed by atoms with Crippen molar-refractivity contribution in [2.24, 2.45) is 0 Å². The molecule has 0 saturated heterocycles. The number of benzene rings is 2. The number of hydrogen-bond acceptors (Lipinski definition) is 6. The molecule has 0 aliphatic heterocycles. The highest BCUT2D eigenvalue weighted by atomic mass is 32.2. The highest BCUT2D eigenvalue weighted by Crippen LogP contribution is 2.22. The largest absolute Gasteiger partial charge is 0.494 e. The van der Waals surface area contributed by atoms with Gasteiger partial charge in [0.1, 0.15) is 17.1 Å². The smallest absolute Gasteiger partial charge is 0.261 e. The summed E-state index contributed by atoms with van der Waals surface area (Å²) in [5.41, 5.74) is 1.59. The Morgan fingerprint density at radius 2 is 1.86 bits per heavy atom. The van der Waals surface area contributed by atoms with Crippen LogP contribution in [0.25, 0.3) is 0 Å². The molecular weight excluding hydrogens is 394 g/mol. The van der Waals surface area contributed by atoms with Crippen LogP contribution in [-0.2, 0) is 10.0 Å².